The molecular formula is C36H52O7. The SMILES string of the molecule is CC(=O)c1ccc([C@H]2C[C@@]3(C)[C@H](CC[C@]3(O)CCCOC3CCCCO3)[C@@H]3CC[C@@]4(O)CC5(CC[C@@H]4[C@H]32)OCCO5)cc1. The monoisotopic (exact) mass is 596 g/mol. The molecule has 1 spiro atoms. The molecule has 43 heavy (non-hydrogen) atoms. The predicted molar refractivity (Wildman–Crippen MR) is 162 cm³/mol. The highest BCUT2D eigenvalue weighted by atomic mass is 16.7. The summed E-state index contributed by atoms with van der Waals surface area (Å²) < 4.78 is 24.1. The molecule has 0 amide bonds. The first-order valence-corrected chi connectivity index (χ1v) is 17.2. The molecule has 1 unspecified atom stereocenters. The number of rotatable bonds is 7. The van der Waals surface area contributed by atoms with Crippen LogP contribution in [0.25, 0.3) is 0 Å². The highest BCUT2D eigenvalue weighted by molar-refractivity contribution is 5.94. The highest BCUT2D eigenvalue weighted by Crippen LogP contribution is 2.70. The maximum absolute atomic E-state index is 12.5. The van der Waals surface area contributed by atoms with Crippen LogP contribution in [-0.2, 0) is 18.9 Å². The summed E-state index contributed by atoms with van der Waals surface area (Å²) in [4.78, 5) is 12.1. The quantitative estimate of drug-likeness (QED) is 0.288. The van der Waals surface area contributed by atoms with Gasteiger partial charge < -0.3 is 29.2 Å². The zero-order valence-electron chi connectivity index (χ0n) is 26.2. The molecule has 2 N–H and O–H groups in total. The van der Waals surface area contributed by atoms with E-state index in [1.165, 1.54) is 5.56 Å². The molecule has 6 aliphatic rings. The second-order valence-corrected chi connectivity index (χ2v) is 15.2. The summed E-state index contributed by atoms with van der Waals surface area (Å²) in [6, 6.07) is 8.24. The van der Waals surface area contributed by atoms with Gasteiger partial charge in [-0.1, -0.05) is 31.2 Å². The van der Waals surface area contributed by atoms with Crippen molar-refractivity contribution in [1.29, 1.82) is 0 Å². The maximum atomic E-state index is 12.5. The van der Waals surface area contributed by atoms with Gasteiger partial charge in [0.15, 0.2) is 17.9 Å². The van der Waals surface area contributed by atoms with E-state index in [-0.39, 0.29) is 29.3 Å². The molecule has 0 bridgehead atoms. The number of fused-ring (bicyclic) bond motifs is 5. The molecule has 9 atom stereocenters. The van der Waals surface area contributed by atoms with Crippen molar-refractivity contribution in [3.8, 4) is 0 Å². The zero-order valence-corrected chi connectivity index (χ0v) is 26.2. The Morgan fingerprint density at radius 1 is 0.953 bits per heavy atom. The molecule has 2 aliphatic heterocycles. The number of benzene rings is 1. The molecule has 0 radical (unpaired) electrons. The minimum Gasteiger partial charge on any atom is -0.389 e. The Morgan fingerprint density at radius 2 is 1.72 bits per heavy atom. The lowest BCUT2D eigenvalue weighted by atomic mass is 9.44. The Kier molecular flexibility index (Phi) is 8.08. The molecule has 6 fully saturated rings. The lowest BCUT2D eigenvalue weighted by molar-refractivity contribution is -0.260. The first-order valence-electron chi connectivity index (χ1n) is 17.2. The van der Waals surface area contributed by atoms with Crippen LogP contribution in [0.5, 0.6) is 0 Å². The van der Waals surface area contributed by atoms with E-state index in [1.807, 2.05) is 12.1 Å². The molecule has 7 heteroatoms. The summed E-state index contributed by atoms with van der Waals surface area (Å²) in [5.74, 6) is 1.03. The maximum Gasteiger partial charge on any atom is 0.171 e. The molecule has 0 aromatic heterocycles. The number of aliphatic hydroxyl groups is 2. The summed E-state index contributed by atoms with van der Waals surface area (Å²) in [5, 5.41) is 24.8. The second-order valence-electron chi connectivity index (χ2n) is 15.2. The van der Waals surface area contributed by atoms with E-state index < -0.39 is 17.0 Å². The topological polar surface area (TPSA) is 94.5 Å². The van der Waals surface area contributed by atoms with Gasteiger partial charge in [0.2, 0.25) is 0 Å². The molecule has 7 rings (SSSR count). The Morgan fingerprint density at radius 3 is 2.44 bits per heavy atom. The summed E-state index contributed by atoms with van der Waals surface area (Å²) >= 11 is 0. The Balaban J connectivity index is 1.16. The van der Waals surface area contributed by atoms with E-state index in [0.29, 0.717) is 44.0 Å². The molecule has 1 aromatic rings. The molecule has 2 heterocycles. The smallest absolute Gasteiger partial charge is 0.171 e. The van der Waals surface area contributed by atoms with Crippen molar-refractivity contribution >= 4 is 5.78 Å². The summed E-state index contributed by atoms with van der Waals surface area (Å²) in [6.07, 6.45) is 11.5. The lowest BCUT2D eigenvalue weighted by Crippen LogP contribution is -2.62. The summed E-state index contributed by atoms with van der Waals surface area (Å²) in [5.41, 5.74) is 0.206. The van der Waals surface area contributed by atoms with Crippen molar-refractivity contribution in [2.45, 2.75) is 127 Å². The molecule has 238 valence electrons. The van der Waals surface area contributed by atoms with Gasteiger partial charge in [-0.05, 0) is 118 Å². The Labute approximate surface area is 257 Å². The molecule has 7 nitrogen and oxygen atoms in total. The van der Waals surface area contributed by atoms with Gasteiger partial charge in [-0.2, -0.15) is 0 Å². The third-order valence-corrected chi connectivity index (χ3v) is 13.1. The van der Waals surface area contributed by atoms with E-state index in [0.717, 1.165) is 89.2 Å². The van der Waals surface area contributed by atoms with E-state index in [2.05, 4.69) is 19.1 Å². The van der Waals surface area contributed by atoms with E-state index in [9.17, 15) is 15.0 Å². The van der Waals surface area contributed by atoms with Crippen LogP contribution in [0.2, 0.25) is 0 Å². The van der Waals surface area contributed by atoms with E-state index in [1.54, 1.807) is 6.92 Å². The fraction of sp³-hybridized carbons (Fsp3) is 0.806. The number of ether oxygens (including phenoxy) is 4. The number of ketones is 1. The number of hydrogen-bond donors (Lipinski definition) is 2. The highest BCUT2D eigenvalue weighted by Gasteiger charge is 2.67. The minimum absolute atomic E-state index is 0.0762. The summed E-state index contributed by atoms with van der Waals surface area (Å²) in [6.45, 7) is 6.59. The number of carbonyl (C=O) groups is 1. The van der Waals surface area contributed by atoms with Gasteiger partial charge in [0.05, 0.1) is 24.4 Å². The van der Waals surface area contributed by atoms with Crippen LogP contribution in [0.4, 0.5) is 0 Å². The van der Waals surface area contributed by atoms with Gasteiger partial charge in [-0.25, -0.2) is 0 Å². The van der Waals surface area contributed by atoms with Crippen LogP contribution in [0.3, 0.4) is 0 Å². The summed E-state index contributed by atoms with van der Waals surface area (Å²) in [7, 11) is 0. The van der Waals surface area contributed by atoms with Gasteiger partial charge in [-0.15, -0.1) is 0 Å². The van der Waals surface area contributed by atoms with Gasteiger partial charge in [-0.3, -0.25) is 4.79 Å². The van der Waals surface area contributed by atoms with Crippen molar-refractivity contribution < 1.29 is 34.0 Å². The fourth-order valence-electron chi connectivity index (χ4n) is 11.0. The number of carbonyl (C=O) groups excluding carboxylic acids is 1. The van der Waals surface area contributed by atoms with Gasteiger partial charge >= 0.3 is 0 Å². The normalized spacial score (nSPS) is 43.6. The molecule has 4 saturated carbocycles. The van der Waals surface area contributed by atoms with Crippen LogP contribution < -0.4 is 0 Å². The predicted octanol–water partition coefficient (Wildman–Crippen LogP) is 6.15. The average Bonchev–Trinajstić information content (AvgIpc) is 3.56. The Bertz CT molecular complexity index is 1160. The number of hydrogen-bond acceptors (Lipinski definition) is 7. The van der Waals surface area contributed by atoms with Crippen molar-refractivity contribution in [3.63, 3.8) is 0 Å². The average molecular weight is 597 g/mol. The minimum atomic E-state index is -0.803. The standard InChI is InChI=1S/C36H52O7/c1-24(37)25-7-9-26(10-8-25)28-22-33(2)29(12-16-35(33,39)14-5-19-41-31-6-3-4-18-40-31)27-11-15-34(38)23-36(42-20-21-43-36)17-13-30(34)32(27)28/h7-10,27-32,38-39H,3-6,11-23H2,1-2H3/t27-,28+,29+,30+,31?,32+,33-,34+,35+/m0/s1. The van der Waals surface area contributed by atoms with Gasteiger partial charge in [0.25, 0.3) is 0 Å². The van der Waals surface area contributed by atoms with Crippen molar-refractivity contribution in [2.75, 3.05) is 26.4 Å². The van der Waals surface area contributed by atoms with Gasteiger partial charge in [0.1, 0.15) is 0 Å². The first kappa shape index (κ1) is 30.3. The third-order valence-electron chi connectivity index (χ3n) is 13.1. The molecule has 1 aromatic carbocycles. The van der Waals surface area contributed by atoms with Crippen molar-refractivity contribution in [2.24, 2.45) is 29.1 Å². The molecular weight excluding hydrogens is 544 g/mol. The van der Waals surface area contributed by atoms with Crippen molar-refractivity contribution in [3.05, 3.63) is 35.4 Å². The lowest BCUT2D eigenvalue weighted by Gasteiger charge is -2.63. The third kappa shape index (κ3) is 5.24. The van der Waals surface area contributed by atoms with E-state index >= 15 is 0 Å². The van der Waals surface area contributed by atoms with Crippen LogP contribution >= 0.6 is 0 Å². The van der Waals surface area contributed by atoms with Crippen LogP contribution in [0.15, 0.2) is 24.3 Å². The van der Waals surface area contributed by atoms with Crippen molar-refractivity contribution in [1.82, 2.24) is 0 Å². The fourth-order valence-corrected chi connectivity index (χ4v) is 11.0. The van der Waals surface area contributed by atoms with Crippen LogP contribution in [-0.4, -0.2) is 65.7 Å². The Hall–Kier alpha value is -1.35. The second kappa shape index (κ2) is 11.5. The van der Waals surface area contributed by atoms with Crippen LogP contribution in [0, 0.1) is 29.1 Å². The van der Waals surface area contributed by atoms with Gasteiger partial charge in [0, 0.05) is 31.6 Å². The number of Topliss-reactive ketones (excluding diaryl/α,β-unsaturated/α-hetero) is 1. The molecule has 4 aliphatic carbocycles. The molecule has 2 saturated heterocycles. The zero-order chi connectivity index (χ0) is 29.9. The largest absolute Gasteiger partial charge is 0.389 e. The van der Waals surface area contributed by atoms with Crippen LogP contribution in [0.1, 0.15) is 119 Å². The van der Waals surface area contributed by atoms with E-state index in [4.69, 9.17) is 18.9 Å². The first-order chi connectivity index (χ1) is 20.7.